The molecule has 1 aromatic heterocycles. The van der Waals surface area contributed by atoms with Crippen molar-refractivity contribution in [2.24, 2.45) is 0 Å². The van der Waals surface area contributed by atoms with Crippen LogP contribution in [-0.4, -0.2) is 30.1 Å². The zero-order valence-corrected chi connectivity index (χ0v) is 13.1. The summed E-state index contributed by atoms with van der Waals surface area (Å²) in [6.45, 7) is 7.71. The molecule has 1 atom stereocenters. The molecular formula is C18H26N2O. The lowest BCUT2D eigenvalue weighted by Gasteiger charge is -2.32. The van der Waals surface area contributed by atoms with Gasteiger partial charge in [-0.3, -0.25) is 4.90 Å². The van der Waals surface area contributed by atoms with Crippen molar-refractivity contribution in [3.8, 4) is 0 Å². The Labute approximate surface area is 127 Å². The Hall–Kier alpha value is -1.32. The quantitative estimate of drug-likeness (QED) is 0.906. The van der Waals surface area contributed by atoms with Gasteiger partial charge in [-0.2, -0.15) is 0 Å². The molecule has 0 bridgehead atoms. The topological polar surface area (TPSA) is 28.4 Å². The summed E-state index contributed by atoms with van der Waals surface area (Å²) in [5.41, 5.74) is 0.993. The highest BCUT2D eigenvalue weighted by Gasteiger charge is 2.19. The molecule has 1 aliphatic heterocycles. The first-order chi connectivity index (χ1) is 10.2. The molecular weight excluding hydrogens is 260 g/mol. The summed E-state index contributed by atoms with van der Waals surface area (Å²) in [4.78, 5) is 2.51. The molecule has 0 radical (unpaired) electrons. The van der Waals surface area contributed by atoms with E-state index in [1.54, 1.807) is 0 Å². The van der Waals surface area contributed by atoms with E-state index in [0.29, 0.717) is 12.1 Å². The Morgan fingerprint density at radius 3 is 2.86 bits per heavy atom. The maximum absolute atomic E-state index is 5.98. The third-order valence-electron chi connectivity index (χ3n) is 4.43. The van der Waals surface area contributed by atoms with Gasteiger partial charge < -0.3 is 9.73 Å². The SMILES string of the molecule is CC(C)N(Cc1cc2ccccc2o1)CC1CCCCN1. The molecule has 1 N–H and O–H groups in total. The van der Waals surface area contributed by atoms with E-state index in [9.17, 15) is 0 Å². The summed E-state index contributed by atoms with van der Waals surface area (Å²) in [5.74, 6) is 1.07. The van der Waals surface area contributed by atoms with Crippen molar-refractivity contribution in [2.45, 2.75) is 51.7 Å². The molecule has 3 heteroatoms. The van der Waals surface area contributed by atoms with Gasteiger partial charge in [0.15, 0.2) is 0 Å². The Balaban J connectivity index is 1.68. The largest absolute Gasteiger partial charge is 0.460 e. The molecule has 3 rings (SSSR count). The first-order valence-corrected chi connectivity index (χ1v) is 8.17. The van der Waals surface area contributed by atoms with E-state index in [2.05, 4.69) is 42.3 Å². The minimum Gasteiger partial charge on any atom is -0.460 e. The molecule has 3 nitrogen and oxygen atoms in total. The van der Waals surface area contributed by atoms with Gasteiger partial charge in [0.05, 0.1) is 6.54 Å². The number of fused-ring (bicyclic) bond motifs is 1. The van der Waals surface area contributed by atoms with Crippen LogP contribution < -0.4 is 5.32 Å². The van der Waals surface area contributed by atoms with Crippen molar-refractivity contribution in [2.75, 3.05) is 13.1 Å². The van der Waals surface area contributed by atoms with Crippen LogP contribution >= 0.6 is 0 Å². The fourth-order valence-corrected chi connectivity index (χ4v) is 3.14. The summed E-state index contributed by atoms with van der Waals surface area (Å²) in [5, 5.41) is 4.85. The van der Waals surface area contributed by atoms with Crippen LogP contribution in [0.2, 0.25) is 0 Å². The maximum atomic E-state index is 5.98. The summed E-state index contributed by atoms with van der Waals surface area (Å²) < 4.78 is 5.98. The number of hydrogen-bond donors (Lipinski definition) is 1. The Morgan fingerprint density at radius 2 is 2.14 bits per heavy atom. The van der Waals surface area contributed by atoms with Crippen molar-refractivity contribution in [1.29, 1.82) is 0 Å². The molecule has 1 aliphatic rings. The number of nitrogens with one attached hydrogen (secondary N) is 1. The van der Waals surface area contributed by atoms with Gasteiger partial charge in [-0.25, -0.2) is 0 Å². The molecule has 1 fully saturated rings. The van der Waals surface area contributed by atoms with Crippen molar-refractivity contribution >= 4 is 11.0 Å². The smallest absolute Gasteiger partial charge is 0.134 e. The number of nitrogens with zero attached hydrogens (tertiary/aromatic N) is 1. The lowest BCUT2D eigenvalue weighted by atomic mass is 10.0. The summed E-state index contributed by atoms with van der Waals surface area (Å²) in [7, 11) is 0. The fraction of sp³-hybridized carbons (Fsp3) is 0.556. The standard InChI is InChI=1S/C18H26N2O/c1-14(2)20(12-16-8-5-6-10-19-16)13-17-11-15-7-3-4-9-18(15)21-17/h3-4,7,9,11,14,16,19H,5-6,8,10,12-13H2,1-2H3. The number of piperidine rings is 1. The highest BCUT2D eigenvalue weighted by molar-refractivity contribution is 5.77. The van der Waals surface area contributed by atoms with E-state index in [-0.39, 0.29) is 0 Å². The molecule has 2 aromatic rings. The van der Waals surface area contributed by atoms with Crippen LogP contribution in [0, 0.1) is 0 Å². The van der Waals surface area contributed by atoms with Crippen molar-refractivity contribution in [1.82, 2.24) is 10.2 Å². The van der Waals surface area contributed by atoms with Gasteiger partial charge in [-0.1, -0.05) is 24.6 Å². The van der Waals surface area contributed by atoms with Crippen LogP contribution in [0.25, 0.3) is 11.0 Å². The van der Waals surface area contributed by atoms with E-state index in [1.807, 2.05) is 12.1 Å². The fourth-order valence-electron chi connectivity index (χ4n) is 3.14. The van der Waals surface area contributed by atoms with Gasteiger partial charge in [0.25, 0.3) is 0 Å². The van der Waals surface area contributed by atoms with E-state index in [0.717, 1.165) is 24.4 Å². The average Bonchev–Trinajstić information content (AvgIpc) is 2.90. The summed E-state index contributed by atoms with van der Waals surface area (Å²) in [6, 6.07) is 11.6. The van der Waals surface area contributed by atoms with Crippen LogP contribution in [0.4, 0.5) is 0 Å². The van der Waals surface area contributed by atoms with Gasteiger partial charge in [0.2, 0.25) is 0 Å². The second kappa shape index (κ2) is 6.63. The molecule has 0 spiro atoms. The maximum Gasteiger partial charge on any atom is 0.134 e. The lowest BCUT2D eigenvalue weighted by Crippen LogP contribution is -2.45. The summed E-state index contributed by atoms with van der Waals surface area (Å²) in [6.07, 6.45) is 3.97. The molecule has 114 valence electrons. The van der Waals surface area contributed by atoms with Crippen LogP contribution in [0.15, 0.2) is 34.7 Å². The first kappa shape index (κ1) is 14.6. The average molecular weight is 286 g/mol. The summed E-state index contributed by atoms with van der Waals surface area (Å²) >= 11 is 0. The van der Waals surface area contributed by atoms with Gasteiger partial charge in [0, 0.05) is 24.0 Å². The van der Waals surface area contributed by atoms with Gasteiger partial charge >= 0.3 is 0 Å². The molecule has 1 unspecified atom stereocenters. The van der Waals surface area contributed by atoms with E-state index in [4.69, 9.17) is 4.42 Å². The zero-order valence-electron chi connectivity index (χ0n) is 13.1. The third kappa shape index (κ3) is 3.66. The second-order valence-corrected chi connectivity index (χ2v) is 6.42. The van der Waals surface area contributed by atoms with Crippen molar-refractivity contribution in [3.05, 3.63) is 36.1 Å². The molecule has 1 saturated heterocycles. The molecule has 0 aliphatic carbocycles. The Bertz CT molecular complexity index is 536. The van der Waals surface area contributed by atoms with Crippen molar-refractivity contribution in [3.63, 3.8) is 0 Å². The number of furan rings is 1. The van der Waals surface area contributed by atoms with Crippen LogP contribution in [0.1, 0.15) is 38.9 Å². The van der Waals surface area contributed by atoms with Gasteiger partial charge in [-0.05, 0) is 45.4 Å². The zero-order chi connectivity index (χ0) is 14.7. The number of para-hydroxylation sites is 1. The Morgan fingerprint density at radius 1 is 1.29 bits per heavy atom. The van der Waals surface area contributed by atoms with Crippen LogP contribution in [0.3, 0.4) is 0 Å². The predicted molar refractivity (Wildman–Crippen MR) is 87.4 cm³/mol. The van der Waals surface area contributed by atoms with Crippen molar-refractivity contribution < 1.29 is 4.42 Å². The number of benzene rings is 1. The van der Waals surface area contributed by atoms with Crippen LogP contribution in [-0.2, 0) is 6.54 Å². The van der Waals surface area contributed by atoms with Crippen LogP contribution in [0.5, 0.6) is 0 Å². The van der Waals surface area contributed by atoms with Gasteiger partial charge in [0.1, 0.15) is 11.3 Å². The first-order valence-electron chi connectivity index (χ1n) is 8.17. The normalized spacial score (nSPS) is 19.7. The molecule has 1 aromatic carbocycles. The number of rotatable bonds is 5. The van der Waals surface area contributed by atoms with Gasteiger partial charge in [-0.15, -0.1) is 0 Å². The van der Waals surface area contributed by atoms with E-state index < -0.39 is 0 Å². The second-order valence-electron chi connectivity index (χ2n) is 6.42. The van der Waals surface area contributed by atoms with E-state index in [1.165, 1.54) is 31.2 Å². The number of hydrogen-bond acceptors (Lipinski definition) is 3. The molecule has 0 saturated carbocycles. The van der Waals surface area contributed by atoms with E-state index >= 15 is 0 Å². The lowest BCUT2D eigenvalue weighted by molar-refractivity contribution is 0.166. The molecule has 21 heavy (non-hydrogen) atoms. The molecule has 2 heterocycles. The third-order valence-corrected chi connectivity index (χ3v) is 4.43. The monoisotopic (exact) mass is 286 g/mol. The highest BCUT2D eigenvalue weighted by atomic mass is 16.3. The minimum atomic E-state index is 0.530. The highest BCUT2D eigenvalue weighted by Crippen LogP contribution is 2.21. The minimum absolute atomic E-state index is 0.530. The molecule has 0 amide bonds. The Kier molecular flexibility index (Phi) is 4.61. The predicted octanol–water partition coefficient (Wildman–Crippen LogP) is 3.79.